The lowest BCUT2D eigenvalue weighted by Gasteiger charge is -2.14. The first kappa shape index (κ1) is 11.4. The molecule has 0 saturated carbocycles. The number of rotatable bonds is 3. The summed E-state index contributed by atoms with van der Waals surface area (Å²) in [6.07, 6.45) is 9.74. The van der Waals surface area contributed by atoms with Gasteiger partial charge in [0.2, 0.25) is 11.8 Å². The van der Waals surface area contributed by atoms with Crippen LogP contribution in [-0.2, 0) is 9.59 Å². The first-order valence-corrected chi connectivity index (χ1v) is 5.02. The molecule has 1 rings (SSSR count). The van der Waals surface area contributed by atoms with E-state index < -0.39 is 0 Å². The first-order valence-electron chi connectivity index (χ1n) is 5.02. The Morgan fingerprint density at radius 3 is 2.20 bits per heavy atom. The topological polar surface area (TPSA) is 37.4 Å². The van der Waals surface area contributed by atoms with Crippen LogP contribution in [0.1, 0.15) is 26.7 Å². The predicted molar refractivity (Wildman–Crippen MR) is 58.8 cm³/mol. The van der Waals surface area contributed by atoms with Crippen LogP contribution in [0.4, 0.5) is 0 Å². The zero-order valence-electron chi connectivity index (χ0n) is 9.06. The van der Waals surface area contributed by atoms with Gasteiger partial charge in [-0.15, -0.1) is 0 Å². The maximum atomic E-state index is 11.4. The third-order valence-corrected chi connectivity index (χ3v) is 2.18. The molecular weight excluding hydrogens is 190 g/mol. The van der Waals surface area contributed by atoms with Crippen LogP contribution < -0.4 is 0 Å². The van der Waals surface area contributed by atoms with Crippen molar-refractivity contribution in [2.45, 2.75) is 26.7 Å². The van der Waals surface area contributed by atoms with Crippen LogP contribution in [0.25, 0.3) is 0 Å². The third-order valence-electron chi connectivity index (χ3n) is 2.18. The van der Waals surface area contributed by atoms with Crippen LogP contribution in [-0.4, -0.2) is 16.7 Å². The van der Waals surface area contributed by atoms with Gasteiger partial charge in [-0.1, -0.05) is 24.3 Å². The summed E-state index contributed by atoms with van der Waals surface area (Å²) in [5.41, 5.74) is 0.653. The van der Waals surface area contributed by atoms with Gasteiger partial charge in [0, 0.05) is 18.5 Å². The van der Waals surface area contributed by atoms with Gasteiger partial charge in [0.25, 0.3) is 0 Å². The third kappa shape index (κ3) is 2.65. The van der Waals surface area contributed by atoms with Crippen molar-refractivity contribution in [2.75, 3.05) is 0 Å². The Balaban J connectivity index is 2.83. The number of likely N-dealkylation sites (tertiary alicyclic amines) is 1. The monoisotopic (exact) mass is 205 g/mol. The largest absolute Gasteiger partial charge is 0.274 e. The van der Waals surface area contributed by atoms with E-state index in [0.29, 0.717) is 18.5 Å². The van der Waals surface area contributed by atoms with E-state index in [0.717, 1.165) is 0 Å². The van der Waals surface area contributed by atoms with Crippen LogP contribution in [0, 0.1) is 0 Å². The molecular formula is C12H15NO2. The van der Waals surface area contributed by atoms with E-state index in [-0.39, 0.29) is 11.8 Å². The van der Waals surface area contributed by atoms with Gasteiger partial charge in [-0.3, -0.25) is 14.5 Å². The summed E-state index contributed by atoms with van der Waals surface area (Å²) in [6.45, 7) is 3.72. The second-order valence-electron chi connectivity index (χ2n) is 3.22. The second kappa shape index (κ2) is 5.29. The van der Waals surface area contributed by atoms with Crippen molar-refractivity contribution < 1.29 is 9.59 Å². The lowest BCUT2D eigenvalue weighted by Crippen LogP contribution is -2.27. The molecule has 3 heteroatoms. The van der Waals surface area contributed by atoms with Crippen LogP contribution in [0.5, 0.6) is 0 Å². The molecule has 15 heavy (non-hydrogen) atoms. The lowest BCUT2D eigenvalue weighted by atomic mass is 10.3. The molecule has 0 radical (unpaired) electrons. The Morgan fingerprint density at radius 1 is 1.13 bits per heavy atom. The highest BCUT2D eigenvalue weighted by Crippen LogP contribution is 2.18. The molecule has 0 atom stereocenters. The molecule has 1 fully saturated rings. The minimum Gasteiger partial charge on any atom is -0.274 e. The van der Waals surface area contributed by atoms with Crippen molar-refractivity contribution in [1.82, 2.24) is 4.90 Å². The zero-order chi connectivity index (χ0) is 11.3. The number of hydrogen-bond donors (Lipinski definition) is 0. The van der Waals surface area contributed by atoms with Crippen molar-refractivity contribution in [3.63, 3.8) is 0 Å². The number of carbonyl (C=O) groups is 2. The molecule has 0 aliphatic carbocycles. The van der Waals surface area contributed by atoms with Crippen molar-refractivity contribution in [3.05, 3.63) is 36.1 Å². The number of imide groups is 1. The Morgan fingerprint density at radius 2 is 1.73 bits per heavy atom. The molecule has 1 aliphatic heterocycles. The smallest absolute Gasteiger partial charge is 0.234 e. The Kier molecular flexibility index (Phi) is 4.03. The molecule has 0 unspecified atom stereocenters. The van der Waals surface area contributed by atoms with Crippen LogP contribution in [0.2, 0.25) is 0 Å². The van der Waals surface area contributed by atoms with E-state index in [2.05, 4.69) is 0 Å². The standard InChI is InChI=1S/C12H15NO2/c1-3-5-6-7-10(4-2)13-11(14)8-9-12(13)15/h3-7H,8-9H2,1-2H3/b5-3-,7-6-,10-4+. The lowest BCUT2D eigenvalue weighted by molar-refractivity contribution is -0.135. The maximum Gasteiger partial charge on any atom is 0.234 e. The van der Waals surface area contributed by atoms with Gasteiger partial charge < -0.3 is 0 Å². The molecule has 80 valence electrons. The highest BCUT2D eigenvalue weighted by molar-refractivity contribution is 6.04. The number of hydrogen-bond acceptors (Lipinski definition) is 2. The molecule has 0 aromatic carbocycles. The Hall–Kier alpha value is -1.64. The van der Waals surface area contributed by atoms with Gasteiger partial charge in [0.15, 0.2) is 0 Å². The second-order valence-corrected chi connectivity index (χ2v) is 3.22. The predicted octanol–water partition coefficient (Wildman–Crippen LogP) is 2.17. The number of nitrogens with zero attached hydrogens (tertiary/aromatic N) is 1. The highest BCUT2D eigenvalue weighted by Gasteiger charge is 2.30. The molecule has 0 aromatic rings. The summed E-state index contributed by atoms with van der Waals surface area (Å²) >= 11 is 0. The minimum absolute atomic E-state index is 0.113. The number of carbonyl (C=O) groups excluding carboxylic acids is 2. The van der Waals surface area contributed by atoms with E-state index in [4.69, 9.17) is 0 Å². The highest BCUT2D eigenvalue weighted by atomic mass is 16.2. The molecule has 0 bridgehead atoms. The average molecular weight is 205 g/mol. The van der Waals surface area contributed by atoms with Crippen LogP contribution in [0.3, 0.4) is 0 Å². The van der Waals surface area contributed by atoms with E-state index in [1.54, 1.807) is 12.2 Å². The molecule has 0 aromatic heterocycles. The molecule has 0 spiro atoms. The van der Waals surface area contributed by atoms with Crippen LogP contribution in [0.15, 0.2) is 36.1 Å². The van der Waals surface area contributed by atoms with Gasteiger partial charge in [-0.05, 0) is 19.9 Å². The number of allylic oxidation sites excluding steroid dienone is 5. The first-order chi connectivity index (χ1) is 7.20. The summed E-state index contributed by atoms with van der Waals surface area (Å²) in [5, 5.41) is 0. The SMILES string of the molecule is C\C=C/C=C\C(=C/C)N1C(=O)CCC1=O. The van der Waals surface area contributed by atoms with E-state index in [9.17, 15) is 9.59 Å². The van der Waals surface area contributed by atoms with E-state index >= 15 is 0 Å². The maximum absolute atomic E-state index is 11.4. The fourth-order valence-electron chi connectivity index (χ4n) is 1.43. The molecule has 1 saturated heterocycles. The summed E-state index contributed by atoms with van der Waals surface area (Å²) < 4.78 is 0. The van der Waals surface area contributed by atoms with Crippen molar-refractivity contribution >= 4 is 11.8 Å². The van der Waals surface area contributed by atoms with Gasteiger partial charge in [-0.2, -0.15) is 0 Å². The van der Waals surface area contributed by atoms with E-state index in [1.165, 1.54) is 4.90 Å². The molecule has 1 heterocycles. The normalized spacial score (nSPS) is 18.8. The summed E-state index contributed by atoms with van der Waals surface area (Å²) in [5.74, 6) is -0.226. The summed E-state index contributed by atoms with van der Waals surface area (Å²) in [7, 11) is 0. The average Bonchev–Trinajstić information content (AvgIpc) is 2.55. The molecule has 1 aliphatic rings. The van der Waals surface area contributed by atoms with Gasteiger partial charge in [0.1, 0.15) is 0 Å². The minimum atomic E-state index is -0.113. The number of amides is 2. The summed E-state index contributed by atoms with van der Waals surface area (Å²) in [4.78, 5) is 24.1. The fraction of sp³-hybridized carbons (Fsp3) is 0.333. The molecule has 2 amide bonds. The molecule has 0 N–H and O–H groups in total. The van der Waals surface area contributed by atoms with Crippen LogP contribution >= 0.6 is 0 Å². The molecule has 3 nitrogen and oxygen atoms in total. The van der Waals surface area contributed by atoms with Gasteiger partial charge in [-0.25, -0.2) is 0 Å². The fourth-order valence-corrected chi connectivity index (χ4v) is 1.43. The Bertz CT molecular complexity index is 335. The van der Waals surface area contributed by atoms with Crippen molar-refractivity contribution in [3.8, 4) is 0 Å². The summed E-state index contributed by atoms with van der Waals surface area (Å²) in [6, 6.07) is 0. The quantitative estimate of drug-likeness (QED) is 0.523. The zero-order valence-corrected chi connectivity index (χ0v) is 9.06. The van der Waals surface area contributed by atoms with Crippen molar-refractivity contribution in [1.29, 1.82) is 0 Å². The van der Waals surface area contributed by atoms with Gasteiger partial charge >= 0.3 is 0 Å². The van der Waals surface area contributed by atoms with Crippen molar-refractivity contribution in [2.24, 2.45) is 0 Å². The van der Waals surface area contributed by atoms with Gasteiger partial charge in [0.05, 0.1) is 0 Å². The van der Waals surface area contributed by atoms with E-state index in [1.807, 2.05) is 32.1 Å². The Labute approximate surface area is 89.8 Å².